The van der Waals surface area contributed by atoms with Crippen LogP contribution in [-0.4, -0.2) is 31.0 Å². The number of thiazole rings is 1. The third-order valence-electron chi connectivity index (χ3n) is 6.30. The van der Waals surface area contributed by atoms with E-state index in [1.54, 1.807) is 28.8 Å². The molecular weight excluding hydrogens is 502 g/mol. The lowest BCUT2D eigenvalue weighted by Crippen LogP contribution is -2.23. The Balaban J connectivity index is 1.32. The SMILES string of the molecule is O=c1sc2cc(S(=O)(=O)NCc3cccc(CN4CCCC4)c3)ccc2n1Cc1ccccc1Cl. The largest absolute Gasteiger partial charge is 0.308 e. The fourth-order valence-electron chi connectivity index (χ4n) is 4.46. The Morgan fingerprint density at radius 2 is 1.69 bits per heavy atom. The van der Waals surface area contributed by atoms with Gasteiger partial charge in [0, 0.05) is 18.1 Å². The summed E-state index contributed by atoms with van der Waals surface area (Å²) in [5.41, 5.74) is 3.63. The molecule has 0 aliphatic carbocycles. The lowest BCUT2D eigenvalue weighted by atomic mass is 10.1. The van der Waals surface area contributed by atoms with Crippen molar-refractivity contribution in [3.8, 4) is 0 Å². The number of halogens is 1. The van der Waals surface area contributed by atoms with E-state index in [4.69, 9.17) is 11.6 Å². The molecule has 2 heterocycles. The van der Waals surface area contributed by atoms with E-state index in [1.165, 1.54) is 18.4 Å². The maximum absolute atomic E-state index is 13.0. The second kappa shape index (κ2) is 10.2. The highest BCUT2D eigenvalue weighted by atomic mass is 35.5. The standard InChI is InChI=1S/C26H26ClN3O3S2/c27-23-9-2-1-8-21(23)18-30-24-11-10-22(15-25(24)34-26(30)31)35(32,33)28-16-19-6-5-7-20(14-19)17-29-12-3-4-13-29/h1-2,5-11,14-15,28H,3-4,12-13,16-18H2. The predicted molar refractivity (Wildman–Crippen MR) is 142 cm³/mol. The summed E-state index contributed by atoms with van der Waals surface area (Å²) in [6.45, 7) is 3.66. The molecule has 0 bridgehead atoms. The molecule has 0 atom stereocenters. The van der Waals surface area contributed by atoms with Crippen LogP contribution in [0.3, 0.4) is 0 Å². The third-order valence-corrected chi connectivity index (χ3v) is 9.01. The van der Waals surface area contributed by atoms with E-state index >= 15 is 0 Å². The molecule has 3 aromatic carbocycles. The first-order chi connectivity index (χ1) is 16.9. The molecule has 0 spiro atoms. The monoisotopic (exact) mass is 527 g/mol. The number of hydrogen-bond donors (Lipinski definition) is 1. The Morgan fingerprint density at radius 1 is 0.914 bits per heavy atom. The Hall–Kier alpha value is -2.49. The van der Waals surface area contributed by atoms with E-state index in [1.807, 2.05) is 30.3 Å². The second-order valence-electron chi connectivity index (χ2n) is 8.80. The highest BCUT2D eigenvalue weighted by Crippen LogP contribution is 2.24. The molecule has 0 amide bonds. The van der Waals surface area contributed by atoms with Crippen molar-refractivity contribution in [1.29, 1.82) is 0 Å². The van der Waals surface area contributed by atoms with E-state index in [9.17, 15) is 13.2 Å². The van der Waals surface area contributed by atoms with Crippen LogP contribution < -0.4 is 9.60 Å². The van der Waals surface area contributed by atoms with Gasteiger partial charge in [-0.1, -0.05) is 65.4 Å². The van der Waals surface area contributed by atoms with Crippen LogP contribution in [0.5, 0.6) is 0 Å². The fraction of sp³-hybridized carbons (Fsp3) is 0.269. The van der Waals surface area contributed by atoms with Gasteiger partial charge in [-0.05, 0) is 66.9 Å². The first-order valence-electron chi connectivity index (χ1n) is 11.6. The van der Waals surface area contributed by atoms with Crippen LogP contribution in [0.2, 0.25) is 5.02 Å². The molecule has 1 N–H and O–H groups in total. The summed E-state index contributed by atoms with van der Waals surface area (Å²) in [6, 6.07) is 20.2. The van der Waals surface area contributed by atoms with Crippen LogP contribution in [0.4, 0.5) is 0 Å². The number of fused-ring (bicyclic) bond motifs is 1. The van der Waals surface area contributed by atoms with Gasteiger partial charge in [-0.3, -0.25) is 14.3 Å². The number of rotatable bonds is 8. The minimum atomic E-state index is -3.74. The summed E-state index contributed by atoms with van der Waals surface area (Å²) >= 11 is 7.30. The van der Waals surface area contributed by atoms with E-state index < -0.39 is 10.0 Å². The number of hydrogen-bond acceptors (Lipinski definition) is 5. The first kappa shape index (κ1) is 24.2. The average molecular weight is 528 g/mol. The number of benzene rings is 3. The molecule has 6 nitrogen and oxygen atoms in total. The molecule has 0 unspecified atom stereocenters. The van der Waals surface area contributed by atoms with E-state index in [-0.39, 0.29) is 16.3 Å². The van der Waals surface area contributed by atoms with Crippen LogP contribution in [0, 0.1) is 0 Å². The van der Waals surface area contributed by atoms with Crippen molar-refractivity contribution in [2.45, 2.75) is 37.4 Å². The Bertz CT molecular complexity index is 1520. The van der Waals surface area contributed by atoms with Gasteiger partial charge < -0.3 is 0 Å². The van der Waals surface area contributed by atoms with Gasteiger partial charge in [-0.2, -0.15) is 0 Å². The number of likely N-dealkylation sites (tertiary alicyclic amines) is 1. The zero-order chi connectivity index (χ0) is 24.4. The Kier molecular flexibility index (Phi) is 7.09. The van der Waals surface area contributed by atoms with Crippen molar-refractivity contribution in [3.05, 3.63) is 98.1 Å². The highest BCUT2D eigenvalue weighted by molar-refractivity contribution is 7.89. The Morgan fingerprint density at radius 3 is 2.49 bits per heavy atom. The van der Waals surface area contributed by atoms with E-state index in [2.05, 4.69) is 21.8 Å². The van der Waals surface area contributed by atoms with Gasteiger partial charge in [0.15, 0.2) is 0 Å². The summed E-state index contributed by atoms with van der Waals surface area (Å²) in [5, 5.41) is 0.589. The molecule has 1 aliphatic rings. The molecule has 1 aromatic heterocycles. The summed E-state index contributed by atoms with van der Waals surface area (Å²) in [6.07, 6.45) is 2.48. The van der Waals surface area contributed by atoms with E-state index in [0.29, 0.717) is 21.8 Å². The van der Waals surface area contributed by atoms with Crippen LogP contribution in [-0.2, 0) is 29.7 Å². The van der Waals surface area contributed by atoms with Crippen LogP contribution in [0.15, 0.2) is 76.4 Å². The summed E-state index contributed by atoms with van der Waals surface area (Å²) in [7, 11) is -3.74. The number of sulfonamides is 1. The number of nitrogens with zero attached hydrogens (tertiary/aromatic N) is 2. The van der Waals surface area contributed by atoms with Gasteiger partial charge in [-0.25, -0.2) is 13.1 Å². The van der Waals surface area contributed by atoms with Crippen molar-refractivity contribution in [3.63, 3.8) is 0 Å². The molecule has 35 heavy (non-hydrogen) atoms. The van der Waals surface area contributed by atoms with Crippen molar-refractivity contribution in [1.82, 2.24) is 14.2 Å². The minimum absolute atomic E-state index is 0.143. The molecule has 1 saturated heterocycles. The van der Waals surface area contributed by atoms with Crippen LogP contribution in [0.1, 0.15) is 29.5 Å². The van der Waals surface area contributed by atoms with Crippen molar-refractivity contribution < 1.29 is 8.42 Å². The Labute approximate surface area is 213 Å². The summed E-state index contributed by atoms with van der Waals surface area (Å²) < 4.78 is 31.0. The summed E-state index contributed by atoms with van der Waals surface area (Å²) in [4.78, 5) is 15.1. The molecular formula is C26H26ClN3O3S2. The third kappa shape index (κ3) is 5.52. The van der Waals surface area contributed by atoms with Gasteiger partial charge in [0.1, 0.15) is 0 Å². The van der Waals surface area contributed by atoms with Gasteiger partial charge in [0.2, 0.25) is 10.0 Å². The molecule has 0 radical (unpaired) electrons. The topological polar surface area (TPSA) is 71.4 Å². The van der Waals surface area contributed by atoms with E-state index in [0.717, 1.165) is 42.1 Å². The van der Waals surface area contributed by atoms with Gasteiger partial charge in [-0.15, -0.1) is 0 Å². The molecule has 9 heteroatoms. The minimum Gasteiger partial charge on any atom is -0.299 e. The highest BCUT2D eigenvalue weighted by Gasteiger charge is 2.18. The number of nitrogens with one attached hydrogen (secondary N) is 1. The first-order valence-corrected chi connectivity index (χ1v) is 14.2. The lowest BCUT2D eigenvalue weighted by Gasteiger charge is -2.15. The van der Waals surface area contributed by atoms with Crippen molar-refractivity contribution >= 4 is 43.2 Å². The normalized spacial score (nSPS) is 14.7. The fourth-order valence-corrected chi connectivity index (χ4v) is 6.70. The lowest BCUT2D eigenvalue weighted by molar-refractivity contribution is 0.331. The second-order valence-corrected chi connectivity index (χ2v) is 12.0. The molecule has 182 valence electrons. The average Bonchev–Trinajstić information content (AvgIpc) is 3.46. The van der Waals surface area contributed by atoms with Crippen molar-refractivity contribution in [2.24, 2.45) is 0 Å². The van der Waals surface area contributed by atoms with Crippen molar-refractivity contribution in [2.75, 3.05) is 13.1 Å². The van der Waals surface area contributed by atoms with Gasteiger partial charge in [0.25, 0.3) is 0 Å². The maximum atomic E-state index is 13.0. The van der Waals surface area contributed by atoms with Gasteiger partial charge >= 0.3 is 4.87 Å². The number of aromatic nitrogens is 1. The quantitative estimate of drug-likeness (QED) is 0.356. The van der Waals surface area contributed by atoms with Gasteiger partial charge in [0.05, 0.1) is 21.7 Å². The zero-order valence-corrected chi connectivity index (χ0v) is 21.5. The molecule has 5 rings (SSSR count). The molecule has 0 saturated carbocycles. The summed E-state index contributed by atoms with van der Waals surface area (Å²) in [5.74, 6) is 0. The molecule has 1 aliphatic heterocycles. The maximum Gasteiger partial charge on any atom is 0.308 e. The smallest absolute Gasteiger partial charge is 0.299 e. The van der Waals surface area contributed by atoms with Crippen LogP contribution in [0.25, 0.3) is 10.2 Å². The molecule has 1 fully saturated rings. The predicted octanol–water partition coefficient (Wildman–Crippen LogP) is 4.84. The van der Waals surface area contributed by atoms with Crippen LogP contribution >= 0.6 is 22.9 Å². The zero-order valence-electron chi connectivity index (χ0n) is 19.1. The molecule has 4 aromatic rings.